The van der Waals surface area contributed by atoms with Gasteiger partial charge in [0.15, 0.2) is 9.84 Å². The summed E-state index contributed by atoms with van der Waals surface area (Å²) in [5, 5.41) is 15.1. The zero-order chi connectivity index (χ0) is 19.3. The van der Waals surface area contributed by atoms with E-state index in [2.05, 4.69) is 10.6 Å². The van der Waals surface area contributed by atoms with Crippen molar-refractivity contribution in [3.8, 4) is 0 Å². The van der Waals surface area contributed by atoms with Gasteiger partial charge in [-0.15, -0.1) is 0 Å². The SMILES string of the molecule is CC(NC(=O)NCC(O)c1ccccc1F)c1ccc(S(C)(=O)=O)cc1. The van der Waals surface area contributed by atoms with Crippen LogP contribution in [0.5, 0.6) is 0 Å². The molecular formula is C18H21FN2O4S. The van der Waals surface area contributed by atoms with Crippen LogP contribution in [0.2, 0.25) is 0 Å². The minimum Gasteiger partial charge on any atom is -0.386 e. The first-order valence-corrected chi connectivity index (χ1v) is 9.84. The first-order chi connectivity index (χ1) is 12.2. The second kappa shape index (κ2) is 8.29. The van der Waals surface area contributed by atoms with Gasteiger partial charge in [-0.3, -0.25) is 0 Å². The van der Waals surface area contributed by atoms with E-state index < -0.39 is 27.8 Å². The number of sulfone groups is 1. The topological polar surface area (TPSA) is 95.5 Å². The highest BCUT2D eigenvalue weighted by atomic mass is 32.2. The van der Waals surface area contributed by atoms with Gasteiger partial charge in [0.05, 0.1) is 17.0 Å². The molecule has 0 aliphatic rings. The number of nitrogens with one attached hydrogen (secondary N) is 2. The number of hydrogen-bond acceptors (Lipinski definition) is 4. The number of amides is 2. The standard InChI is InChI=1S/C18H21FN2O4S/c1-12(13-7-9-14(10-8-13)26(2,24)25)21-18(23)20-11-17(22)15-5-3-4-6-16(15)19/h3-10,12,17,22H,11H2,1-2H3,(H2,20,21,23). The molecule has 140 valence electrons. The van der Waals surface area contributed by atoms with Crippen LogP contribution in [0.4, 0.5) is 9.18 Å². The van der Waals surface area contributed by atoms with Crippen molar-refractivity contribution in [1.29, 1.82) is 0 Å². The van der Waals surface area contributed by atoms with E-state index in [4.69, 9.17) is 0 Å². The molecule has 6 nitrogen and oxygen atoms in total. The van der Waals surface area contributed by atoms with Crippen LogP contribution in [-0.2, 0) is 9.84 Å². The average molecular weight is 380 g/mol. The molecule has 3 N–H and O–H groups in total. The number of aliphatic hydroxyl groups is 1. The molecular weight excluding hydrogens is 359 g/mol. The van der Waals surface area contributed by atoms with Crippen LogP contribution in [0.15, 0.2) is 53.4 Å². The molecule has 2 atom stereocenters. The van der Waals surface area contributed by atoms with Gasteiger partial charge in [-0.1, -0.05) is 30.3 Å². The molecule has 0 heterocycles. The second-order valence-corrected chi connectivity index (χ2v) is 7.97. The van der Waals surface area contributed by atoms with E-state index in [1.165, 1.54) is 30.3 Å². The van der Waals surface area contributed by atoms with E-state index in [1.807, 2.05) is 0 Å². The van der Waals surface area contributed by atoms with Crippen molar-refractivity contribution in [1.82, 2.24) is 10.6 Å². The fraction of sp³-hybridized carbons (Fsp3) is 0.278. The molecule has 0 fully saturated rings. The molecule has 26 heavy (non-hydrogen) atoms. The lowest BCUT2D eigenvalue weighted by atomic mass is 10.1. The van der Waals surface area contributed by atoms with Crippen molar-refractivity contribution in [3.05, 3.63) is 65.5 Å². The molecule has 0 saturated carbocycles. The summed E-state index contributed by atoms with van der Waals surface area (Å²) >= 11 is 0. The van der Waals surface area contributed by atoms with E-state index in [-0.39, 0.29) is 23.0 Å². The highest BCUT2D eigenvalue weighted by Crippen LogP contribution is 2.17. The van der Waals surface area contributed by atoms with Crippen LogP contribution in [0.25, 0.3) is 0 Å². The fourth-order valence-corrected chi connectivity index (χ4v) is 3.01. The van der Waals surface area contributed by atoms with Gasteiger partial charge >= 0.3 is 6.03 Å². The smallest absolute Gasteiger partial charge is 0.315 e. The lowest BCUT2D eigenvalue weighted by Crippen LogP contribution is -2.39. The Hall–Kier alpha value is -2.45. The maximum absolute atomic E-state index is 13.6. The molecule has 0 saturated heterocycles. The number of hydrogen-bond donors (Lipinski definition) is 3. The van der Waals surface area contributed by atoms with Crippen molar-refractivity contribution in [2.45, 2.75) is 24.0 Å². The summed E-state index contributed by atoms with van der Waals surface area (Å²) in [5.41, 5.74) is 0.833. The summed E-state index contributed by atoms with van der Waals surface area (Å²) in [4.78, 5) is 12.2. The summed E-state index contributed by atoms with van der Waals surface area (Å²) in [6.07, 6.45) is -0.0378. The molecule has 8 heteroatoms. The van der Waals surface area contributed by atoms with Crippen molar-refractivity contribution in [2.24, 2.45) is 0 Å². The van der Waals surface area contributed by atoms with Crippen molar-refractivity contribution in [2.75, 3.05) is 12.8 Å². The summed E-state index contributed by atoms with van der Waals surface area (Å²) < 4.78 is 36.5. The van der Waals surface area contributed by atoms with Crippen LogP contribution < -0.4 is 10.6 Å². The van der Waals surface area contributed by atoms with Crippen LogP contribution in [-0.4, -0.2) is 32.4 Å². The number of urea groups is 1. The minimum absolute atomic E-state index is 0.109. The van der Waals surface area contributed by atoms with Gasteiger partial charge in [0.1, 0.15) is 5.82 Å². The molecule has 0 aliphatic heterocycles. The van der Waals surface area contributed by atoms with Gasteiger partial charge < -0.3 is 15.7 Å². The van der Waals surface area contributed by atoms with Gasteiger partial charge in [0.25, 0.3) is 0 Å². The zero-order valence-corrected chi connectivity index (χ0v) is 15.3. The van der Waals surface area contributed by atoms with Crippen LogP contribution >= 0.6 is 0 Å². The molecule has 2 aromatic rings. The normalized spacial score (nSPS) is 13.7. The van der Waals surface area contributed by atoms with Gasteiger partial charge in [-0.05, 0) is 30.7 Å². The maximum atomic E-state index is 13.6. The van der Waals surface area contributed by atoms with Gasteiger partial charge in [0, 0.05) is 18.4 Å². The first-order valence-electron chi connectivity index (χ1n) is 7.95. The number of halogens is 1. The van der Waals surface area contributed by atoms with E-state index in [0.29, 0.717) is 0 Å². The molecule has 2 aromatic carbocycles. The third-order valence-electron chi connectivity index (χ3n) is 3.88. The Balaban J connectivity index is 1.90. The van der Waals surface area contributed by atoms with Crippen molar-refractivity contribution < 1.29 is 22.7 Å². The lowest BCUT2D eigenvalue weighted by molar-refractivity contribution is 0.168. The molecule has 0 spiro atoms. The molecule has 2 amide bonds. The number of rotatable bonds is 6. The Bertz CT molecular complexity index is 869. The van der Waals surface area contributed by atoms with E-state index in [1.54, 1.807) is 25.1 Å². The number of aliphatic hydroxyl groups excluding tert-OH is 1. The van der Waals surface area contributed by atoms with Crippen molar-refractivity contribution in [3.63, 3.8) is 0 Å². The Morgan fingerprint density at radius 3 is 2.35 bits per heavy atom. The van der Waals surface area contributed by atoms with Crippen LogP contribution in [0.3, 0.4) is 0 Å². The quantitative estimate of drug-likeness (QED) is 0.717. The van der Waals surface area contributed by atoms with Crippen molar-refractivity contribution >= 4 is 15.9 Å². The highest BCUT2D eigenvalue weighted by Gasteiger charge is 2.15. The Morgan fingerprint density at radius 1 is 1.15 bits per heavy atom. The molecule has 2 rings (SSSR count). The summed E-state index contributed by atoms with van der Waals surface area (Å²) in [5.74, 6) is -0.540. The third kappa shape index (κ3) is 5.27. The summed E-state index contributed by atoms with van der Waals surface area (Å²) in [6, 6.07) is 11.1. The fourth-order valence-electron chi connectivity index (χ4n) is 2.38. The van der Waals surface area contributed by atoms with Gasteiger partial charge in [-0.2, -0.15) is 0 Å². The monoisotopic (exact) mass is 380 g/mol. The Kier molecular flexibility index (Phi) is 6.33. The van der Waals surface area contributed by atoms with E-state index in [0.717, 1.165) is 11.8 Å². The Labute approximate surface area is 152 Å². The number of benzene rings is 2. The predicted octanol–water partition coefficient (Wildman–Crippen LogP) is 2.32. The minimum atomic E-state index is -3.27. The second-order valence-electron chi connectivity index (χ2n) is 5.95. The van der Waals surface area contributed by atoms with Crippen LogP contribution in [0, 0.1) is 5.82 Å². The summed E-state index contributed by atoms with van der Waals surface area (Å²) in [6.45, 7) is 1.59. The Morgan fingerprint density at radius 2 is 1.77 bits per heavy atom. The lowest BCUT2D eigenvalue weighted by Gasteiger charge is -2.17. The van der Waals surface area contributed by atoms with E-state index in [9.17, 15) is 22.7 Å². The third-order valence-corrected chi connectivity index (χ3v) is 5.00. The average Bonchev–Trinajstić information content (AvgIpc) is 2.59. The molecule has 2 unspecified atom stereocenters. The zero-order valence-electron chi connectivity index (χ0n) is 14.4. The van der Waals surface area contributed by atoms with Gasteiger partial charge in [0.2, 0.25) is 0 Å². The van der Waals surface area contributed by atoms with E-state index >= 15 is 0 Å². The molecule has 0 bridgehead atoms. The number of carbonyl (C=O) groups is 1. The summed E-state index contributed by atoms with van der Waals surface area (Å²) in [7, 11) is -3.27. The predicted molar refractivity (Wildman–Crippen MR) is 95.9 cm³/mol. The van der Waals surface area contributed by atoms with Crippen LogP contribution in [0.1, 0.15) is 30.2 Å². The maximum Gasteiger partial charge on any atom is 0.315 e. The molecule has 0 aliphatic carbocycles. The number of carbonyl (C=O) groups excluding carboxylic acids is 1. The first kappa shape index (κ1) is 19.9. The molecule has 0 aromatic heterocycles. The largest absolute Gasteiger partial charge is 0.386 e. The molecule has 0 radical (unpaired) electrons. The highest BCUT2D eigenvalue weighted by molar-refractivity contribution is 7.90. The van der Waals surface area contributed by atoms with Gasteiger partial charge in [-0.25, -0.2) is 17.6 Å².